The van der Waals surface area contributed by atoms with E-state index in [-0.39, 0.29) is 11.1 Å². The summed E-state index contributed by atoms with van der Waals surface area (Å²) in [4.78, 5) is 2.49. The molecular weight excluding hydrogens is 466 g/mol. The third kappa shape index (κ3) is 13.9. The van der Waals surface area contributed by atoms with Gasteiger partial charge in [-0.15, -0.1) is 0 Å². The number of aliphatic hydroxyl groups is 1. The molecule has 2 aromatic rings. The second-order valence-corrected chi connectivity index (χ2v) is 12.4. The van der Waals surface area contributed by atoms with Gasteiger partial charge < -0.3 is 9.84 Å². The first-order chi connectivity index (χ1) is 18.0. The van der Waals surface area contributed by atoms with Crippen molar-refractivity contribution in [3.63, 3.8) is 0 Å². The zero-order chi connectivity index (χ0) is 28.4. The number of aliphatic hydroxyl groups excluding tert-OH is 1. The summed E-state index contributed by atoms with van der Waals surface area (Å²) in [5, 5.41) is 8.73. The van der Waals surface area contributed by atoms with E-state index < -0.39 is 0 Å². The van der Waals surface area contributed by atoms with Gasteiger partial charge in [-0.1, -0.05) is 107 Å². The molecule has 2 aromatic carbocycles. The largest absolute Gasteiger partial charge is 0.396 e. The van der Waals surface area contributed by atoms with Gasteiger partial charge in [0.25, 0.3) is 0 Å². The summed E-state index contributed by atoms with van der Waals surface area (Å²) in [6.45, 7) is 17.1. The molecule has 3 nitrogen and oxygen atoms in total. The Hall–Kier alpha value is -1.68. The first-order valence-electron chi connectivity index (χ1n) is 15.1. The minimum Gasteiger partial charge on any atom is -0.396 e. The van der Waals surface area contributed by atoms with Crippen LogP contribution in [0.5, 0.6) is 0 Å². The lowest BCUT2D eigenvalue weighted by Crippen LogP contribution is -2.60. The summed E-state index contributed by atoms with van der Waals surface area (Å²) in [6.07, 6.45) is 10.8. The number of hydrogen-bond donors (Lipinski definition) is 1. The third-order valence-corrected chi connectivity index (χ3v) is 7.77. The molecule has 0 spiro atoms. The van der Waals surface area contributed by atoms with Crippen LogP contribution in [-0.4, -0.2) is 47.4 Å². The van der Waals surface area contributed by atoms with E-state index in [9.17, 15) is 0 Å². The molecule has 1 saturated heterocycles. The molecule has 3 rings (SSSR count). The minimum atomic E-state index is 0.216. The molecule has 1 fully saturated rings. The molecule has 0 aromatic heterocycles. The highest BCUT2D eigenvalue weighted by atomic mass is 16.5. The van der Waals surface area contributed by atoms with Gasteiger partial charge in [0.05, 0.1) is 6.10 Å². The SMILES string of the molecule is CC(C)c1ccccc1.CCCc1ccccc1.CN1C(C)(C)CC(OCCCCCCCO)CC1(C)C. The Labute approximate surface area is 236 Å². The Kier molecular flexibility index (Phi) is 16.8. The first-order valence-corrected chi connectivity index (χ1v) is 15.1. The Morgan fingerprint density at radius 3 is 1.79 bits per heavy atom. The molecule has 1 heterocycles. The Bertz CT molecular complexity index is 798. The van der Waals surface area contributed by atoms with E-state index in [0.717, 1.165) is 38.7 Å². The molecule has 1 aliphatic rings. The van der Waals surface area contributed by atoms with Crippen molar-refractivity contribution < 1.29 is 9.84 Å². The summed E-state index contributed by atoms with van der Waals surface area (Å²) in [5.41, 5.74) is 3.29. The highest BCUT2D eigenvalue weighted by molar-refractivity contribution is 5.17. The van der Waals surface area contributed by atoms with Gasteiger partial charge in [-0.3, -0.25) is 4.90 Å². The van der Waals surface area contributed by atoms with E-state index in [4.69, 9.17) is 9.84 Å². The van der Waals surface area contributed by atoms with Crippen LogP contribution in [-0.2, 0) is 11.2 Å². The van der Waals surface area contributed by atoms with Crippen molar-refractivity contribution in [3.8, 4) is 0 Å². The maximum Gasteiger partial charge on any atom is 0.0610 e. The molecule has 1 N–H and O–H groups in total. The number of rotatable bonds is 11. The fraction of sp³-hybridized carbons (Fsp3) is 0.657. The zero-order valence-corrected chi connectivity index (χ0v) is 26.0. The number of benzene rings is 2. The molecular formula is C35H59NO2. The van der Waals surface area contributed by atoms with Crippen molar-refractivity contribution in [2.75, 3.05) is 20.3 Å². The number of likely N-dealkylation sites (tertiary alicyclic amines) is 1. The normalized spacial score (nSPS) is 16.8. The van der Waals surface area contributed by atoms with E-state index in [0.29, 0.717) is 18.6 Å². The summed E-state index contributed by atoms with van der Waals surface area (Å²) in [7, 11) is 2.23. The summed E-state index contributed by atoms with van der Waals surface area (Å²) in [5.74, 6) is 0.659. The van der Waals surface area contributed by atoms with Crippen LogP contribution in [0.1, 0.15) is 117 Å². The maximum atomic E-state index is 8.73. The van der Waals surface area contributed by atoms with Gasteiger partial charge in [0, 0.05) is 24.3 Å². The topological polar surface area (TPSA) is 32.7 Å². The van der Waals surface area contributed by atoms with Gasteiger partial charge in [-0.2, -0.15) is 0 Å². The lowest BCUT2D eigenvalue weighted by molar-refractivity contribution is -0.0918. The van der Waals surface area contributed by atoms with E-state index in [1.807, 2.05) is 6.07 Å². The Morgan fingerprint density at radius 2 is 1.32 bits per heavy atom. The smallest absolute Gasteiger partial charge is 0.0610 e. The molecule has 0 amide bonds. The van der Waals surface area contributed by atoms with E-state index in [1.165, 1.54) is 36.8 Å². The number of piperidine rings is 1. The van der Waals surface area contributed by atoms with Crippen LogP contribution in [0.4, 0.5) is 0 Å². The van der Waals surface area contributed by atoms with Crippen molar-refractivity contribution in [1.82, 2.24) is 4.90 Å². The van der Waals surface area contributed by atoms with Crippen molar-refractivity contribution in [3.05, 3.63) is 71.8 Å². The lowest BCUT2D eigenvalue weighted by Gasteiger charge is -2.53. The van der Waals surface area contributed by atoms with Crippen LogP contribution in [0.2, 0.25) is 0 Å². The molecule has 0 atom stereocenters. The van der Waals surface area contributed by atoms with Gasteiger partial charge in [0.15, 0.2) is 0 Å². The van der Waals surface area contributed by atoms with Gasteiger partial charge >= 0.3 is 0 Å². The van der Waals surface area contributed by atoms with Crippen LogP contribution in [0, 0.1) is 0 Å². The molecule has 0 bridgehead atoms. The molecule has 0 saturated carbocycles. The van der Waals surface area contributed by atoms with Gasteiger partial charge in [-0.25, -0.2) is 0 Å². The van der Waals surface area contributed by atoms with E-state index in [1.54, 1.807) is 0 Å². The predicted octanol–water partition coefficient (Wildman–Crippen LogP) is 9.05. The summed E-state index contributed by atoms with van der Waals surface area (Å²) < 4.78 is 6.13. The standard InChI is InChI=1S/C17H35NO2.2C9H12/c1-16(2)13-15(14-17(3,4)18(16)5)20-12-10-8-6-7-9-11-19;1-8(2)9-6-4-3-5-7-9;1-2-6-9-7-4-3-5-8-9/h15,19H,6-14H2,1-5H3;3-8H,1-2H3;3-5,7-8H,2,6H2,1H3. The van der Waals surface area contributed by atoms with Crippen LogP contribution in [0.25, 0.3) is 0 Å². The van der Waals surface area contributed by atoms with Crippen LogP contribution in [0.3, 0.4) is 0 Å². The molecule has 3 heteroatoms. The van der Waals surface area contributed by atoms with E-state index >= 15 is 0 Å². The van der Waals surface area contributed by atoms with Crippen molar-refractivity contribution >= 4 is 0 Å². The van der Waals surface area contributed by atoms with Crippen LogP contribution < -0.4 is 0 Å². The van der Waals surface area contributed by atoms with Gasteiger partial charge in [0.1, 0.15) is 0 Å². The fourth-order valence-corrected chi connectivity index (χ4v) is 5.16. The number of hydrogen-bond acceptors (Lipinski definition) is 3. The maximum absolute atomic E-state index is 8.73. The Balaban J connectivity index is 0.000000329. The molecule has 0 radical (unpaired) electrons. The Morgan fingerprint density at radius 1 is 0.816 bits per heavy atom. The number of aryl methyl sites for hydroxylation is 1. The van der Waals surface area contributed by atoms with Crippen LogP contribution in [0.15, 0.2) is 60.7 Å². The minimum absolute atomic E-state index is 0.216. The van der Waals surface area contributed by atoms with Crippen molar-refractivity contribution in [2.24, 2.45) is 0 Å². The highest BCUT2D eigenvalue weighted by Crippen LogP contribution is 2.38. The fourth-order valence-electron chi connectivity index (χ4n) is 5.16. The van der Waals surface area contributed by atoms with E-state index in [2.05, 4.69) is 115 Å². The number of ether oxygens (including phenoxy) is 1. The molecule has 216 valence electrons. The van der Waals surface area contributed by atoms with Gasteiger partial charge in [-0.05, 0) is 83.9 Å². The second kappa shape index (κ2) is 18.6. The van der Waals surface area contributed by atoms with Crippen molar-refractivity contribution in [2.45, 2.75) is 129 Å². The molecule has 0 aliphatic carbocycles. The van der Waals surface area contributed by atoms with Crippen molar-refractivity contribution in [1.29, 1.82) is 0 Å². The lowest BCUT2D eigenvalue weighted by atomic mass is 9.79. The molecule has 0 unspecified atom stereocenters. The molecule has 1 aliphatic heterocycles. The monoisotopic (exact) mass is 525 g/mol. The summed E-state index contributed by atoms with van der Waals surface area (Å²) >= 11 is 0. The average Bonchev–Trinajstić information content (AvgIpc) is 2.88. The van der Waals surface area contributed by atoms with Crippen LogP contribution >= 0.6 is 0 Å². The second-order valence-electron chi connectivity index (χ2n) is 12.4. The number of nitrogens with zero attached hydrogens (tertiary/aromatic N) is 1. The highest BCUT2D eigenvalue weighted by Gasteiger charge is 2.43. The molecule has 38 heavy (non-hydrogen) atoms. The summed E-state index contributed by atoms with van der Waals surface area (Å²) in [6, 6.07) is 21.1. The quantitative estimate of drug-likeness (QED) is 0.297. The third-order valence-electron chi connectivity index (χ3n) is 7.77. The number of unbranched alkanes of at least 4 members (excludes halogenated alkanes) is 4. The first kappa shape index (κ1) is 34.3. The zero-order valence-electron chi connectivity index (χ0n) is 26.0. The predicted molar refractivity (Wildman–Crippen MR) is 166 cm³/mol. The van der Waals surface area contributed by atoms with Gasteiger partial charge in [0.2, 0.25) is 0 Å². The average molecular weight is 526 g/mol.